The van der Waals surface area contributed by atoms with Gasteiger partial charge in [-0.15, -0.1) is 0 Å². The molecule has 0 rings (SSSR count). The fourth-order valence-corrected chi connectivity index (χ4v) is 3.89. The van der Waals surface area contributed by atoms with Gasteiger partial charge in [0.15, 0.2) is 8.32 Å². The van der Waals surface area contributed by atoms with Crippen molar-refractivity contribution in [2.45, 2.75) is 137 Å². The number of alkyl carbamates (subject to hydrolysis) is 1. The maximum atomic E-state index is 13.2. The molecular formula is C28H57N3O8Si. The smallest absolute Gasteiger partial charge is 0.444 e. The molecule has 0 spiro atoms. The van der Waals surface area contributed by atoms with E-state index in [0.717, 1.165) is 0 Å². The molecule has 0 aliphatic carbocycles. The van der Waals surface area contributed by atoms with E-state index in [4.69, 9.17) is 29.1 Å². The number of carbonyl (C=O) groups is 3. The van der Waals surface area contributed by atoms with Gasteiger partial charge in [0.05, 0.1) is 13.1 Å². The van der Waals surface area contributed by atoms with Crippen LogP contribution in [0.4, 0.5) is 14.4 Å². The van der Waals surface area contributed by atoms with Crippen molar-refractivity contribution in [3.8, 4) is 0 Å². The van der Waals surface area contributed by atoms with Crippen molar-refractivity contribution >= 4 is 26.7 Å². The SMILES string of the molecule is CC(C)(C)OC(=O)NC[C@H](CN(CC[C@H](N)CO[Si](C)(C)C(C)(C)C)C(=O)OC(C)(C)C)OC(=O)OC(C)(C)C. The van der Waals surface area contributed by atoms with Gasteiger partial charge in [0.1, 0.15) is 22.9 Å². The van der Waals surface area contributed by atoms with Crippen LogP contribution in [0.3, 0.4) is 0 Å². The van der Waals surface area contributed by atoms with Gasteiger partial charge in [-0.1, -0.05) is 20.8 Å². The number of ether oxygens (including phenoxy) is 4. The van der Waals surface area contributed by atoms with E-state index in [0.29, 0.717) is 13.0 Å². The van der Waals surface area contributed by atoms with Crippen molar-refractivity contribution in [2.24, 2.45) is 5.73 Å². The first-order valence-corrected chi connectivity index (χ1v) is 16.9. The molecule has 3 N–H and O–H groups in total. The Hall–Kier alpha value is -2.05. The third-order valence-corrected chi connectivity index (χ3v) is 10.3. The topological polar surface area (TPSA) is 139 Å². The molecule has 0 fully saturated rings. The summed E-state index contributed by atoms with van der Waals surface area (Å²) >= 11 is 0. The normalized spacial score (nSPS) is 14.6. The number of nitrogens with one attached hydrogen (secondary N) is 1. The number of rotatable bonds is 11. The Morgan fingerprint density at radius 2 is 1.32 bits per heavy atom. The Kier molecular flexibility index (Phi) is 14.0. The Bertz CT molecular complexity index is 823. The summed E-state index contributed by atoms with van der Waals surface area (Å²) in [5.41, 5.74) is 4.13. The zero-order valence-electron chi connectivity index (χ0n) is 27.5. The second kappa shape index (κ2) is 14.7. The van der Waals surface area contributed by atoms with Gasteiger partial charge in [0, 0.05) is 19.2 Å². The third kappa shape index (κ3) is 17.6. The van der Waals surface area contributed by atoms with E-state index in [1.165, 1.54) is 4.90 Å². The monoisotopic (exact) mass is 591 g/mol. The summed E-state index contributed by atoms with van der Waals surface area (Å²) in [7, 11) is -1.99. The molecule has 0 saturated carbocycles. The largest absolute Gasteiger partial charge is 0.509 e. The highest BCUT2D eigenvalue weighted by molar-refractivity contribution is 6.74. The quantitative estimate of drug-likeness (QED) is 0.173. The van der Waals surface area contributed by atoms with E-state index in [-0.39, 0.29) is 30.7 Å². The van der Waals surface area contributed by atoms with Crippen LogP contribution in [0.25, 0.3) is 0 Å². The average molecular weight is 592 g/mol. The van der Waals surface area contributed by atoms with E-state index in [9.17, 15) is 14.4 Å². The Labute approximate surface area is 243 Å². The van der Waals surface area contributed by atoms with Gasteiger partial charge in [-0.05, 0) is 86.9 Å². The van der Waals surface area contributed by atoms with Crippen LogP contribution in [0.5, 0.6) is 0 Å². The number of nitrogens with zero attached hydrogens (tertiary/aromatic N) is 1. The molecule has 0 aromatic carbocycles. The van der Waals surface area contributed by atoms with Crippen LogP contribution in [-0.4, -0.2) is 86.7 Å². The van der Waals surface area contributed by atoms with E-state index < -0.39 is 49.6 Å². The lowest BCUT2D eigenvalue weighted by molar-refractivity contribution is -0.0371. The minimum Gasteiger partial charge on any atom is -0.444 e. The van der Waals surface area contributed by atoms with E-state index in [2.05, 4.69) is 39.2 Å². The molecule has 0 aromatic rings. The highest BCUT2D eigenvalue weighted by Crippen LogP contribution is 2.36. The predicted octanol–water partition coefficient (Wildman–Crippen LogP) is 5.81. The second-order valence-corrected chi connectivity index (χ2v) is 19.4. The third-order valence-electron chi connectivity index (χ3n) is 5.84. The second-order valence-electron chi connectivity index (χ2n) is 14.6. The molecule has 11 nitrogen and oxygen atoms in total. The molecule has 2 amide bonds. The van der Waals surface area contributed by atoms with Gasteiger partial charge in [-0.3, -0.25) is 0 Å². The molecule has 0 saturated heterocycles. The maximum absolute atomic E-state index is 13.2. The van der Waals surface area contributed by atoms with Gasteiger partial charge in [0.25, 0.3) is 0 Å². The van der Waals surface area contributed by atoms with Gasteiger partial charge in [-0.25, -0.2) is 14.4 Å². The first-order chi connectivity index (χ1) is 17.7. The van der Waals surface area contributed by atoms with E-state index >= 15 is 0 Å². The molecule has 0 bridgehead atoms. The fourth-order valence-electron chi connectivity index (χ4n) is 2.83. The van der Waals surface area contributed by atoms with Crippen molar-refractivity contribution in [2.75, 3.05) is 26.2 Å². The van der Waals surface area contributed by atoms with E-state index in [1.807, 2.05) is 0 Å². The first kappa shape index (κ1) is 37.9. The maximum Gasteiger partial charge on any atom is 0.509 e. The van der Waals surface area contributed by atoms with Crippen LogP contribution < -0.4 is 11.1 Å². The lowest BCUT2D eigenvalue weighted by Gasteiger charge is -2.37. The summed E-state index contributed by atoms with van der Waals surface area (Å²) in [4.78, 5) is 39.3. The van der Waals surface area contributed by atoms with Crippen molar-refractivity contribution in [1.29, 1.82) is 0 Å². The molecule has 0 radical (unpaired) electrons. The molecule has 0 heterocycles. The standard InChI is InChI=1S/C28H57N3O8Si/c1-25(2,3)37-22(32)30-17-21(36-24(34)39-27(7,8)9)18-31(23(33)38-26(4,5)6)16-15-20(29)19-35-40(13,14)28(10,11)12/h20-21H,15-19,29H2,1-14H3,(H,30,32)/t20-,21+/m0/s1. The number of carbonyl (C=O) groups excluding carboxylic acids is 3. The van der Waals surface area contributed by atoms with Crippen molar-refractivity contribution in [1.82, 2.24) is 10.2 Å². The summed E-state index contributed by atoms with van der Waals surface area (Å²) in [6.07, 6.45) is -2.73. The molecule has 0 unspecified atom stereocenters. The Morgan fingerprint density at radius 1 is 0.825 bits per heavy atom. The summed E-state index contributed by atoms with van der Waals surface area (Å²) in [6.45, 7) is 26.8. The van der Waals surface area contributed by atoms with Crippen LogP contribution in [0.2, 0.25) is 18.1 Å². The van der Waals surface area contributed by atoms with Crippen LogP contribution >= 0.6 is 0 Å². The van der Waals surface area contributed by atoms with Crippen LogP contribution in [0.15, 0.2) is 0 Å². The molecular weight excluding hydrogens is 534 g/mol. The predicted molar refractivity (Wildman–Crippen MR) is 159 cm³/mol. The number of nitrogens with two attached hydrogens (primary N) is 1. The molecule has 236 valence electrons. The van der Waals surface area contributed by atoms with E-state index in [1.54, 1.807) is 62.3 Å². The molecule has 0 aliphatic heterocycles. The summed E-state index contributed by atoms with van der Waals surface area (Å²) in [5.74, 6) is 0. The zero-order chi connectivity index (χ0) is 31.7. The van der Waals surface area contributed by atoms with Crippen molar-refractivity contribution in [3.05, 3.63) is 0 Å². The number of hydrogen-bond acceptors (Lipinski definition) is 9. The van der Waals surface area contributed by atoms with Gasteiger partial charge < -0.3 is 39.3 Å². The lowest BCUT2D eigenvalue weighted by atomic mass is 10.2. The fraction of sp³-hybridized carbons (Fsp3) is 0.893. The molecule has 2 atom stereocenters. The zero-order valence-corrected chi connectivity index (χ0v) is 28.5. The molecule has 40 heavy (non-hydrogen) atoms. The molecule has 0 aromatic heterocycles. The van der Waals surface area contributed by atoms with Gasteiger partial charge >= 0.3 is 18.3 Å². The number of amides is 2. The van der Waals surface area contributed by atoms with Crippen molar-refractivity contribution in [3.63, 3.8) is 0 Å². The minimum absolute atomic E-state index is 0.0443. The lowest BCUT2D eigenvalue weighted by Crippen LogP contribution is -2.48. The molecule has 12 heteroatoms. The summed E-state index contributed by atoms with van der Waals surface area (Å²) < 4.78 is 28.0. The van der Waals surface area contributed by atoms with Crippen LogP contribution in [0, 0.1) is 0 Å². The number of hydrogen-bond donors (Lipinski definition) is 2. The van der Waals surface area contributed by atoms with Crippen LogP contribution in [-0.2, 0) is 23.4 Å². The highest BCUT2D eigenvalue weighted by Gasteiger charge is 2.37. The Balaban J connectivity index is 5.69. The Morgan fingerprint density at radius 3 is 1.77 bits per heavy atom. The van der Waals surface area contributed by atoms with Gasteiger partial charge in [-0.2, -0.15) is 0 Å². The van der Waals surface area contributed by atoms with Gasteiger partial charge in [0.2, 0.25) is 0 Å². The highest BCUT2D eigenvalue weighted by atomic mass is 28.4. The molecule has 0 aliphatic rings. The van der Waals surface area contributed by atoms with Crippen molar-refractivity contribution < 1.29 is 37.8 Å². The minimum atomic E-state index is -1.99. The first-order valence-electron chi connectivity index (χ1n) is 13.9. The summed E-state index contributed by atoms with van der Waals surface area (Å²) in [6, 6.07) is -0.329. The average Bonchev–Trinajstić information content (AvgIpc) is 2.68. The summed E-state index contributed by atoms with van der Waals surface area (Å²) in [5, 5.41) is 2.65. The van der Waals surface area contributed by atoms with Crippen LogP contribution in [0.1, 0.15) is 89.5 Å².